The summed E-state index contributed by atoms with van der Waals surface area (Å²) in [5.41, 5.74) is 2.73. The second kappa shape index (κ2) is 9.37. The van der Waals surface area contributed by atoms with Crippen LogP contribution in [0.15, 0.2) is 18.2 Å². The molecule has 1 aromatic carbocycles. The van der Waals surface area contributed by atoms with Crippen molar-refractivity contribution >= 4 is 11.6 Å². The van der Waals surface area contributed by atoms with Crippen LogP contribution in [-0.2, 0) is 4.74 Å². The second-order valence-electron chi connectivity index (χ2n) is 5.13. The molecule has 2 N–H and O–H groups in total. The van der Waals surface area contributed by atoms with E-state index in [0.717, 1.165) is 30.9 Å². The van der Waals surface area contributed by atoms with Crippen LogP contribution in [0.4, 0.5) is 5.69 Å². The van der Waals surface area contributed by atoms with E-state index in [1.807, 2.05) is 39.1 Å². The number of nitrogens with one attached hydrogen (secondary N) is 2. The molecule has 0 spiro atoms. The van der Waals surface area contributed by atoms with Crippen molar-refractivity contribution in [1.82, 2.24) is 10.2 Å². The largest absolute Gasteiger partial charge is 0.385 e. The highest BCUT2D eigenvalue weighted by Crippen LogP contribution is 2.17. The molecule has 21 heavy (non-hydrogen) atoms. The first-order valence-electron chi connectivity index (χ1n) is 7.38. The summed E-state index contributed by atoms with van der Waals surface area (Å²) in [4.78, 5) is 14.4. The number of benzene rings is 1. The van der Waals surface area contributed by atoms with E-state index in [2.05, 4.69) is 15.5 Å². The Kier molecular flexibility index (Phi) is 7.79. The number of likely N-dealkylation sites (N-methyl/N-ethyl adjacent to an activating group) is 1. The monoisotopic (exact) mass is 293 g/mol. The van der Waals surface area contributed by atoms with Crippen LogP contribution in [0.1, 0.15) is 22.8 Å². The van der Waals surface area contributed by atoms with Crippen molar-refractivity contribution in [2.24, 2.45) is 0 Å². The third-order valence-electron chi connectivity index (χ3n) is 3.24. The first kappa shape index (κ1) is 17.5. The van der Waals surface area contributed by atoms with Gasteiger partial charge in [0.2, 0.25) is 0 Å². The number of anilines is 1. The minimum Gasteiger partial charge on any atom is -0.385 e. The van der Waals surface area contributed by atoms with Crippen LogP contribution in [0.5, 0.6) is 0 Å². The fraction of sp³-hybridized carbons (Fsp3) is 0.562. The lowest BCUT2D eigenvalue weighted by atomic mass is 10.1. The van der Waals surface area contributed by atoms with Crippen LogP contribution < -0.4 is 10.6 Å². The average molecular weight is 293 g/mol. The third-order valence-corrected chi connectivity index (χ3v) is 3.24. The Balaban J connectivity index is 2.52. The molecule has 5 nitrogen and oxygen atoms in total. The first-order valence-corrected chi connectivity index (χ1v) is 7.38. The van der Waals surface area contributed by atoms with E-state index in [4.69, 9.17) is 4.74 Å². The van der Waals surface area contributed by atoms with Gasteiger partial charge in [0.1, 0.15) is 0 Å². The summed E-state index contributed by atoms with van der Waals surface area (Å²) in [6.07, 6.45) is 0. The lowest BCUT2D eigenvalue weighted by Crippen LogP contribution is -2.34. The van der Waals surface area contributed by atoms with Gasteiger partial charge in [0, 0.05) is 39.0 Å². The Labute approximate surface area is 127 Å². The summed E-state index contributed by atoms with van der Waals surface area (Å²) in [7, 11) is 3.70. The molecule has 118 valence electrons. The Bertz CT molecular complexity index is 449. The Morgan fingerprint density at radius 1 is 1.33 bits per heavy atom. The molecular formula is C16H27N3O2. The van der Waals surface area contributed by atoms with E-state index in [9.17, 15) is 4.79 Å². The van der Waals surface area contributed by atoms with Crippen molar-refractivity contribution in [2.45, 2.75) is 13.8 Å². The number of carbonyl (C=O) groups excluding carboxylic acids is 1. The number of rotatable bonds is 9. The van der Waals surface area contributed by atoms with E-state index in [1.54, 1.807) is 7.11 Å². The van der Waals surface area contributed by atoms with Gasteiger partial charge in [0.05, 0.1) is 12.2 Å². The smallest absolute Gasteiger partial charge is 0.253 e. The van der Waals surface area contributed by atoms with Gasteiger partial charge in [0.15, 0.2) is 0 Å². The van der Waals surface area contributed by atoms with E-state index < -0.39 is 0 Å². The first-order chi connectivity index (χ1) is 10.1. The van der Waals surface area contributed by atoms with Gasteiger partial charge in [-0.1, -0.05) is 6.07 Å². The van der Waals surface area contributed by atoms with Gasteiger partial charge in [0.25, 0.3) is 5.91 Å². The van der Waals surface area contributed by atoms with Gasteiger partial charge in [-0.2, -0.15) is 0 Å². The van der Waals surface area contributed by atoms with Crippen LogP contribution in [0.25, 0.3) is 0 Å². The van der Waals surface area contributed by atoms with Gasteiger partial charge in [-0.05, 0) is 38.6 Å². The third kappa shape index (κ3) is 6.14. The van der Waals surface area contributed by atoms with Crippen LogP contribution >= 0.6 is 0 Å². The van der Waals surface area contributed by atoms with Crippen LogP contribution in [0.2, 0.25) is 0 Å². The van der Waals surface area contributed by atoms with Crippen LogP contribution in [-0.4, -0.2) is 57.8 Å². The molecule has 0 unspecified atom stereocenters. The van der Waals surface area contributed by atoms with E-state index in [-0.39, 0.29) is 5.91 Å². The normalized spacial score (nSPS) is 10.7. The summed E-state index contributed by atoms with van der Waals surface area (Å²) in [6.45, 7) is 7.83. The minimum atomic E-state index is -0.0360. The fourth-order valence-electron chi connectivity index (χ4n) is 2.01. The maximum Gasteiger partial charge on any atom is 0.253 e. The van der Waals surface area contributed by atoms with Crippen molar-refractivity contribution < 1.29 is 9.53 Å². The molecule has 1 rings (SSSR count). The lowest BCUT2D eigenvalue weighted by Gasteiger charge is -2.17. The quantitative estimate of drug-likeness (QED) is 0.728. The number of nitrogens with zero attached hydrogens (tertiary/aromatic N) is 1. The maximum absolute atomic E-state index is 12.3. The molecule has 0 aliphatic rings. The molecule has 0 aliphatic heterocycles. The number of ether oxygens (including phenoxy) is 1. The van der Waals surface area contributed by atoms with Gasteiger partial charge in [-0.3, -0.25) is 4.79 Å². The Morgan fingerprint density at radius 3 is 2.76 bits per heavy atom. The zero-order chi connectivity index (χ0) is 15.7. The summed E-state index contributed by atoms with van der Waals surface area (Å²) in [6, 6.07) is 5.83. The van der Waals surface area contributed by atoms with Gasteiger partial charge in [-0.25, -0.2) is 0 Å². The number of aryl methyl sites for hydroxylation is 1. The molecule has 1 aromatic rings. The molecule has 0 saturated carbocycles. The van der Waals surface area contributed by atoms with Crippen molar-refractivity contribution in [2.75, 3.05) is 52.3 Å². The lowest BCUT2D eigenvalue weighted by molar-refractivity contribution is 0.0948. The number of hydrogen-bond acceptors (Lipinski definition) is 4. The SMILES string of the molecule is CCNc1cc(C)ccc1C(=O)NCCN(C)CCOC. The van der Waals surface area contributed by atoms with Crippen molar-refractivity contribution in [3.05, 3.63) is 29.3 Å². The number of amides is 1. The Hall–Kier alpha value is -1.59. The molecule has 0 aliphatic carbocycles. The molecule has 0 fully saturated rings. The predicted molar refractivity (Wildman–Crippen MR) is 87.0 cm³/mol. The highest BCUT2D eigenvalue weighted by Gasteiger charge is 2.11. The minimum absolute atomic E-state index is 0.0360. The Morgan fingerprint density at radius 2 is 2.10 bits per heavy atom. The molecule has 5 heteroatoms. The molecule has 0 aromatic heterocycles. The molecule has 0 saturated heterocycles. The predicted octanol–water partition coefficient (Wildman–Crippen LogP) is 1.73. The van der Waals surface area contributed by atoms with Crippen molar-refractivity contribution in [3.63, 3.8) is 0 Å². The van der Waals surface area contributed by atoms with Crippen LogP contribution in [0.3, 0.4) is 0 Å². The highest BCUT2D eigenvalue weighted by atomic mass is 16.5. The number of hydrogen-bond donors (Lipinski definition) is 2. The number of carbonyl (C=O) groups is 1. The van der Waals surface area contributed by atoms with E-state index in [1.165, 1.54) is 0 Å². The average Bonchev–Trinajstić information content (AvgIpc) is 2.45. The standard InChI is InChI=1S/C16H27N3O2/c1-5-17-15-12-13(2)6-7-14(15)16(20)18-8-9-19(3)10-11-21-4/h6-7,12,17H,5,8-11H2,1-4H3,(H,18,20). The van der Waals surface area contributed by atoms with Crippen LogP contribution in [0, 0.1) is 6.92 Å². The zero-order valence-electron chi connectivity index (χ0n) is 13.5. The highest BCUT2D eigenvalue weighted by molar-refractivity contribution is 5.99. The van der Waals surface area contributed by atoms with Gasteiger partial charge < -0.3 is 20.3 Å². The topological polar surface area (TPSA) is 53.6 Å². The summed E-state index contributed by atoms with van der Waals surface area (Å²) in [5.74, 6) is -0.0360. The molecular weight excluding hydrogens is 266 g/mol. The zero-order valence-corrected chi connectivity index (χ0v) is 13.5. The molecule has 0 bridgehead atoms. The molecule has 0 atom stereocenters. The van der Waals surface area contributed by atoms with E-state index in [0.29, 0.717) is 18.7 Å². The van der Waals surface area contributed by atoms with Crippen molar-refractivity contribution in [1.29, 1.82) is 0 Å². The maximum atomic E-state index is 12.3. The second-order valence-corrected chi connectivity index (χ2v) is 5.13. The molecule has 0 radical (unpaired) electrons. The summed E-state index contributed by atoms with van der Waals surface area (Å²) < 4.78 is 5.03. The van der Waals surface area contributed by atoms with Crippen molar-refractivity contribution in [3.8, 4) is 0 Å². The summed E-state index contributed by atoms with van der Waals surface area (Å²) >= 11 is 0. The number of methoxy groups -OCH3 is 1. The van der Waals surface area contributed by atoms with E-state index >= 15 is 0 Å². The van der Waals surface area contributed by atoms with Gasteiger partial charge in [-0.15, -0.1) is 0 Å². The van der Waals surface area contributed by atoms with Gasteiger partial charge >= 0.3 is 0 Å². The molecule has 1 amide bonds. The fourth-order valence-corrected chi connectivity index (χ4v) is 2.01. The summed E-state index contributed by atoms with van der Waals surface area (Å²) in [5, 5.41) is 6.20. The molecule has 0 heterocycles.